The minimum absolute atomic E-state index is 0.207. The van der Waals surface area contributed by atoms with Gasteiger partial charge in [-0.25, -0.2) is 4.39 Å². The molecule has 9 heteroatoms. The largest absolute Gasteiger partial charge is 0.212 e. The Bertz CT molecular complexity index is 954. The van der Waals surface area contributed by atoms with Crippen molar-refractivity contribution in [3.05, 3.63) is 74.2 Å². The van der Waals surface area contributed by atoms with Crippen LogP contribution in [0.1, 0.15) is 17.0 Å². The van der Waals surface area contributed by atoms with E-state index in [-0.39, 0.29) is 10.6 Å². The zero-order valence-corrected chi connectivity index (χ0v) is 16.5. The van der Waals surface area contributed by atoms with Crippen LogP contribution in [0.3, 0.4) is 0 Å². The summed E-state index contributed by atoms with van der Waals surface area (Å²) in [5, 5.41) is 14.4. The minimum atomic E-state index is -0.450. The van der Waals surface area contributed by atoms with Crippen LogP contribution in [0.5, 0.6) is 0 Å². The Hall–Kier alpha value is -1.60. The molecular weight excluding hydrogens is 418 g/mol. The lowest BCUT2D eigenvalue weighted by molar-refractivity contribution is 0.625. The fourth-order valence-corrected chi connectivity index (χ4v) is 3.79. The monoisotopic (exact) mass is 428 g/mol. The van der Waals surface area contributed by atoms with Gasteiger partial charge in [0.2, 0.25) is 5.16 Å². The van der Waals surface area contributed by atoms with E-state index in [1.54, 1.807) is 25.1 Å². The summed E-state index contributed by atoms with van der Waals surface area (Å²) in [5.41, 5.74) is 1.12. The standard InChI is InChI=1S/C17H12Cl3FN4S/c1-10-23-24-17(26-9-11-5-6-12(18)7-15(11)20)25(10)22-8-13-14(19)3-2-4-16(13)21/h2-8H,9H2,1H3/b22-8+. The molecule has 3 aromatic rings. The van der Waals surface area contributed by atoms with Crippen LogP contribution >= 0.6 is 46.6 Å². The number of aromatic nitrogens is 3. The van der Waals surface area contributed by atoms with Crippen LogP contribution in [0, 0.1) is 12.7 Å². The fourth-order valence-electron chi connectivity index (χ4n) is 2.09. The molecule has 0 saturated carbocycles. The Labute approximate surface area is 169 Å². The zero-order valence-electron chi connectivity index (χ0n) is 13.5. The minimum Gasteiger partial charge on any atom is -0.206 e. The molecule has 26 heavy (non-hydrogen) atoms. The number of hydrogen-bond donors (Lipinski definition) is 0. The SMILES string of the molecule is Cc1nnc(SCc2ccc(Cl)cc2Cl)n1/N=C/c1c(F)cccc1Cl. The van der Waals surface area contributed by atoms with Crippen LogP contribution < -0.4 is 0 Å². The van der Waals surface area contributed by atoms with Crippen molar-refractivity contribution in [3.8, 4) is 0 Å². The number of rotatable bonds is 5. The summed E-state index contributed by atoms with van der Waals surface area (Å²) in [4.78, 5) is 0. The van der Waals surface area contributed by atoms with Gasteiger partial charge in [0.15, 0.2) is 5.82 Å². The lowest BCUT2D eigenvalue weighted by Crippen LogP contribution is -1.98. The van der Waals surface area contributed by atoms with E-state index in [1.807, 2.05) is 6.07 Å². The summed E-state index contributed by atoms with van der Waals surface area (Å²) in [6.07, 6.45) is 1.35. The predicted molar refractivity (Wildman–Crippen MR) is 105 cm³/mol. The van der Waals surface area contributed by atoms with E-state index >= 15 is 0 Å². The maximum absolute atomic E-state index is 13.9. The molecular formula is C17H12Cl3FN4S. The van der Waals surface area contributed by atoms with Crippen molar-refractivity contribution in [1.29, 1.82) is 0 Å². The highest BCUT2D eigenvalue weighted by Gasteiger charge is 2.11. The van der Waals surface area contributed by atoms with Crippen molar-refractivity contribution >= 4 is 52.8 Å². The number of nitrogens with zero attached hydrogens (tertiary/aromatic N) is 4. The first-order valence-corrected chi connectivity index (χ1v) is 9.55. The molecule has 0 saturated heterocycles. The Morgan fingerprint density at radius 2 is 1.96 bits per heavy atom. The molecule has 2 aromatic carbocycles. The molecule has 134 valence electrons. The molecule has 1 aromatic heterocycles. The zero-order chi connectivity index (χ0) is 18.7. The second-order valence-corrected chi connectivity index (χ2v) is 7.44. The first kappa shape index (κ1) is 19.2. The third-order valence-electron chi connectivity index (χ3n) is 3.44. The third-order valence-corrected chi connectivity index (χ3v) is 5.33. The van der Waals surface area contributed by atoms with Crippen molar-refractivity contribution in [3.63, 3.8) is 0 Å². The second-order valence-electron chi connectivity index (χ2n) is 5.25. The van der Waals surface area contributed by atoms with Crippen LogP contribution in [0.2, 0.25) is 15.1 Å². The second kappa shape index (κ2) is 8.39. The van der Waals surface area contributed by atoms with Gasteiger partial charge in [-0.05, 0) is 36.8 Å². The van der Waals surface area contributed by atoms with Gasteiger partial charge in [0, 0.05) is 21.4 Å². The molecule has 0 aliphatic heterocycles. The van der Waals surface area contributed by atoms with Crippen molar-refractivity contribution in [1.82, 2.24) is 14.9 Å². The molecule has 3 rings (SSSR count). The highest BCUT2D eigenvalue weighted by molar-refractivity contribution is 7.98. The Balaban J connectivity index is 1.82. The van der Waals surface area contributed by atoms with Crippen molar-refractivity contribution in [2.75, 3.05) is 0 Å². The molecule has 0 unspecified atom stereocenters. The molecule has 1 heterocycles. The van der Waals surface area contributed by atoms with Gasteiger partial charge < -0.3 is 0 Å². The van der Waals surface area contributed by atoms with Gasteiger partial charge in [-0.2, -0.15) is 9.78 Å². The molecule has 4 nitrogen and oxygen atoms in total. The molecule has 0 aliphatic carbocycles. The summed E-state index contributed by atoms with van der Waals surface area (Å²) in [6.45, 7) is 1.76. The van der Waals surface area contributed by atoms with Crippen molar-refractivity contribution in [2.24, 2.45) is 5.10 Å². The summed E-state index contributed by atoms with van der Waals surface area (Å²) in [6, 6.07) is 9.78. The Morgan fingerprint density at radius 3 is 2.69 bits per heavy atom. The van der Waals surface area contributed by atoms with Gasteiger partial charge in [0.25, 0.3) is 0 Å². The summed E-state index contributed by atoms with van der Waals surface area (Å²) < 4.78 is 15.4. The quantitative estimate of drug-likeness (QED) is 0.377. The van der Waals surface area contributed by atoms with Gasteiger partial charge in [0.1, 0.15) is 5.82 Å². The van der Waals surface area contributed by atoms with E-state index in [9.17, 15) is 4.39 Å². The Kier molecular flexibility index (Phi) is 6.19. The molecule has 0 aliphatic rings. The lowest BCUT2D eigenvalue weighted by Gasteiger charge is -2.05. The Morgan fingerprint density at radius 1 is 1.15 bits per heavy atom. The van der Waals surface area contributed by atoms with Crippen LogP contribution in [0.15, 0.2) is 46.7 Å². The number of hydrogen-bond acceptors (Lipinski definition) is 4. The van der Waals surface area contributed by atoms with E-state index in [4.69, 9.17) is 34.8 Å². The third kappa shape index (κ3) is 4.38. The molecule has 0 atom stereocenters. The van der Waals surface area contributed by atoms with Gasteiger partial charge in [-0.1, -0.05) is 58.7 Å². The molecule has 0 bridgehead atoms. The summed E-state index contributed by atoms with van der Waals surface area (Å²) in [5.74, 6) is 0.678. The topological polar surface area (TPSA) is 43.1 Å². The van der Waals surface area contributed by atoms with Crippen LogP contribution in [0.4, 0.5) is 4.39 Å². The summed E-state index contributed by atoms with van der Waals surface area (Å²) >= 11 is 19.5. The van der Waals surface area contributed by atoms with E-state index in [0.29, 0.717) is 26.8 Å². The van der Waals surface area contributed by atoms with E-state index in [1.165, 1.54) is 34.8 Å². The lowest BCUT2D eigenvalue weighted by atomic mass is 10.2. The van der Waals surface area contributed by atoms with Gasteiger partial charge in [-0.3, -0.25) is 0 Å². The maximum atomic E-state index is 13.9. The molecule has 0 spiro atoms. The highest BCUT2D eigenvalue weighted by atomic mass is 35.5. The number of halogens is 4. The molecule has 0 amide bonds. The normalized spacial score (nSPS) is 11.4. The van der Waals surface area contributed by atoms with Gasteiger partial charge in [-0.15, -0.1) is 10.2 Å². The van der Waals surface area contributed by atoms with Crippen molar-refractivity contribution < 1.29 is 4.39 Å². The van der Waals surface area contributed by atoms with Crippen LogP contribution in [-0.4, -0.2) is 21.1 Å². The van der Waals surface area contributed by atoms with E-state index < -0.39 is 5.82 Å². The maximum Gasteiger partial charge on any atom is 0.212 e. The van der Waals surface area contributed by atoms with E-state index in [0.717, 1.165) is 5.56 Å². The average Bonchev–Trinajstić information content (AvgIpc) is 2.94. The molecule has 0 fully saturated rings. The number of aryl methyl sites for hydroxylation is 1. The first-order chi connectivity index (χ1) is 12.5. The number of benzene rings is 2. The van der Waals surface area contributed by atoms with Crippen molar-refractivity contribution in [2.45, 2.75) is 17.8 Å². The predicted octanol–water partition coefficient (Wildman–Crippen LogP) is 5.86. The molecule has 0 N–H and O–H groups in total. The van der Waals surface area contributed by atoms with Gasteiger partial charge in [0.05, 0.1) is 11.2 Å². The smallest absolute Gasteiger partial charge is 0.206 e. The first-order valence-electron chi connectivity index (χ1n) is 7.43. The average molecular weight is 430 g/mol. The fraction of sp³-hybridized carbons (Fsp3) is 0.118. The van der Waals surface area contributed by atoms with Crippen LogP contribution in [0.25, 0.3) is 0 Å². The van der Waals surface area contributed by atoms with E-state index in [2.05, 4.69) is 15.3 Å². The van der Waals surface area contributed by atoms with Gasteiger partial charge >= 0.3 is 0 Å². The number of thioether (sulfide) groups is 1. The highest BCUT2D eigenvalue weighted by Crippen LogP contribution is 2.28. The summed E-state index contributed by atoms with van der Waals surface area (Å²) in [7, 11) is 0. The van der Waals surface area contributed by atoms with Crippen LogP contribution in [-0.2, 0) is 5.75 Å². The molecule has 0 radical (unpaired) electrons.